The highest BCUT2D eigenvalue weighted by Gasteiger charge is 2.61. The average molecular weight is 1230 g/mol. The third-order valence-corrected chi connectivity index (χ3v) is 19.2. The predicted molar refractivity (Wildman–Crippen MR) is 344 cm³/mol. The molecule has 5 N–H and O–H groups in total. The second-order valence-electron chi connectivity index (χ2n) is 24.7. The Kier molecular flexibility index (Phi) is 21.1. The quantitative estimate of drug-likeness (QED) is 0.0281. The first-order chi connectivity index (χ1) is 43.5. The van der Waals surface area contributed by atoms with E-state index < -0.39 is 6.04 Å². The average Bonchev–Trinajstić information content (AvgIpc) is 1.53. The van der Waals surface area contributed by atoms with Gasteiger partial charge in [0.2, 0.25) is 11.8 Å². The number of H-pyrrole nitrogens is 1. The van der Waals surface area contributed by atoms with Crippen molar-refractivity contribution in [3.63, 3.8) is 0 Å². The summed E-state index contributed by atoms with van der Waals surface area (Å²) in [5.41, 5.74) is 8.59. The molecule has 3 aromatic carbocycles. The fraction of sp³-hybridized carbons (Fsp3) is 0.522. The molecular formula is C67H88ClN15O6. The lowest BCUT2D eigenvalue weighted by atomic mass is 9.79. The molecule has 0 bridgehead atoms. The Balaban J connectivity index is 0.000000193. The van der Waals surface area contributed by atoms with Gasteiger partial charge in [-0.1, -0.05) is 66.4 Å². The number of piperidine rings is 2. The van der Waals surface area contributed by atoms with E-state index in [0.717, 1.165) is 173 Å². The summed E-state index contributed by atoms with van der Waals surface area (Å²) in [6, 6.07) is 23.5. The fourth-order valence-corrected chi connectivity index (χ4v) is 13.9. The maximum absolute atomic E-state index is 13.7. The summed E-state index contributed by atoms with van der Waals surface area (Å²) >= 11 is 6.25. The zero-order valence-corrected chi connectivity index (χ0v) is 52.7. The third-order valence-electron chi connectivity index (χ3n) is 18.9. The number of likely N-dealkylation sites (N-methyl/N-ethyl adjacent to an activating group) is 1. The van der Waals surface area contributed by atoms with E-state index in [4.69, 9.17) is 21.1 Å². The zero-order valence-electron chi connectivity index (χ0n) is 51.9. The highest BCUT2D eigenvalue weighted by atomic mass is 35.5. The first kappa shape index (κ1) is 63.0. The number of benzene rings is 3. The normalized spacial score (nSPS) is 19.1. The van der Waals surface area contributed by atoms with Crippen molar-refractivity contribution < 1.29 is 28.7 Å². The highest BCUT2D eigenvalue weighted by Crippen LogP contribution is 2.56. The number of methoxy groups -OCH3 is 1. The lowest BCUT2D eigenvalue weighted by Gasteiger charge is -2.50. The number of likely N-dealkylation sites (tertiary alicyclic amines) is 1. The minimum absolute atomic E-state index is 0.0360. The molecule has 3 unspecified atom stereocenters. The Morgan fingerprint density at radius 2 is 1.73 bits per heavy atom. The Hall–Kier alpha value is -7.59. The molecule has 8 heterocycles. The maximum Gasteiger partial charge on any atom is 0.251 e. The van der Waals surface area contributed by atoms with Crippen LogP contribution in [0.3, 0.4) is 0 Å². The lowest BCUT2D eigenvalue weighted by molar-refractivity contribution is -0.131. The van der Waals surface area contributed by atoms with Gasteiger partial charge in [0.05, 0.1) is 60.9 Å². The summed E-state index contributed by atoms with van der Waals surface area (Å²) in [4.78, 5) is 75.4. The molecule has 12 rings (SSSR count). The topological polar surface area (TPSA) is 223 Å². The summed E-state index contributed by atoms with van der Waals surface area (Å²) in [6.45, 7) is 14.1. The standard InChI is InChI=1S/C39H53N7O6.C28H35ClN8/c1-3-52-35-23-34(51-2)16-15-31(35)24-40-25-36(48)45-19-8-14-32(26-45)29-12-7-13-30(22-29)38(49)42-37(28-10-5-4-6-11-28)39(50)41-18-17-33-27-46(44-43-33)20-9-21-47;1-34-14-16-35(17-15-34)11-7-23(20-2-4-21(29)5-3-20)33-25-24-18-37(24)28(25)8-12-36(13-9-28)27-22-6-10-30-26(22)31-19-32-27/h7,12-13,15-16,21-23,27-28,32,37,40H,3-6,8-11,14,17-20,24-26H2,1-2H3,(H,41,50)(H,42,49);2-6,10,19,23,33H,7-9,11-18H2,1H3,(H,30,31,32). The molecule has 6 aliphatic rings. The molecule has 3 aromatic heterocycles. The van der Waals surface area contributed by atoms with Crippen molar-refractivity contribution in [1.29, 1.82) is 0 Å². The largest absolute Gasteiger partial charge is 0.497 e. The van der Waals surface area contributed by atoms with Crippen LogP contribution in [-0.2, 0) is 33.9 Å². The van der Waals surface area contributed by atoms with E-state index in [1.54, 1.807) is 30.4 Å². The second kappa shape index (κ2) is 29.8. The van der Waals surface area contributed by atoms with Crippen LogP contribution in [0.1, 0.15) is 122 Å². The number of hydrogen-bond acceptors (Lipinski definition) is 16. The van der Waals surface area contributed by atoms with Gasteiger partial charge in [0.15, 0.2) is 0 Å². The number of carbonyl (C=O) groups excluding carboxylic acids is 4. The van der Waals surface area contributed by atoms with Gasteiger partial charge in [-0.25, -0.2) is 9.97 Å². The van der Waals surface area contributed by atoms with Crippen LogP contribution in [-0.4, -0.2) is 184 Å². The van der Waals surface area contributed by atoms with Gasteiger partial charge in [-0.2, -0.15) is 0 Å². The summed E-state index contributed by atoms with van der Waals surface area (Å²) < 4.78 is 12.7. The molecular weight excluding hydrogens is 1150 g/mol. The molecule has 6 aromatic rings. The molecule has 5 fully saturated rings. The monoisotopic (exact) mass is 1230 g/mol. The number of halogens is 1. The van der Waals surface area contributed by atoms with Gasteiger partial charge in [0.1, 0.15) is 41.6 Å². The number of rotatable bonds is 25. The number of piperazine rings is 1. The molecule has 4 saturated heterocycles. The van der Waals surface area contributed by atoms with Crippen molar-refractivity contribution in [3.05, 3.63) is 136 Å². The maximum atomic E-state index is 13.7. The van der Waals surface area contributed by atoms with Gasteiger partial charge < -0.3 is 65.0 Å². The van der Waals surface area contributed by atoms with Gasteiger partial charge in [-0.15, -0.1) is 5.10 Å². The second-order valence-corrected chi connectivity index (χ2v) is 25.1. The summed E-state index contributed by atoms with van der Waals surface area (Å²) in [5.74, 6) is 2.24. The molecule has 89 heavy (non-hydrogen) atoms. The van der Waals surface area contributed by atoms with Gasteiger partial charge in [0.25, 0.3) is 5.91 Å². The van der Waals surface area contributed by atoms with Crippen molar-refractivity contribution in [2.24, 2.45) is 5.92 Å². The van der Waals surface area contributed by atoms with E-state index in [0.29, 0.717) is 63.8 Å². The number of carbonyl (C=O) groups is 4. The van der Waals surface area contributed by atoms with E-state index >= 15 is 0 Å². The minimum Gasteiger partial charge on any atom is -0.497 e. The van der Waals surface area contributed by atoms with Crippen molar-refractivity contribution in [1.82, 2.24) is 70.8 Å². The molecule has 3 amide bonds. The number of nitrogens with one attached hydrogen (secondary N) is 5. The Bertz CT molecular complexity index is 3390. The number of ether oxygens (including phenoxy) is 2. The smallest absolute Gasteiger partial charge is 0.251 e. The van der Waals surface area contributed by atoms with Crippen LogP contribution in [0.2, 0.25) is 5.02 Å². The molecule has 3 atom stereocenters. The molecule has 0 radical (unpaired) electrons. The molecule has 474 valence electrons. The van der Waals surface area contributed by atoms with Crippen LogP contribution in [0, 0.1) is 5.92 Å². The van der Waals surface area contributed by atoms with Crippen LogP contribution in [0.15, 0.2) is 103 Å². The van der Waals surface area contributed by atoms with Gasteiger partial charge in [0, 0.05) is 132 Å². The van der Waals surface area contributed by atoms with Crippen molar-refractivity contribution >= 4 is 52.5 Å². The van der Waals surface area contributed by atoms with Gasteiger partial charge in [-0.3, -0.25) is 19.1 Å². The Labute approximate surface area is 527 Å². The van der Waals surface area contributed by atoms with Crippen LogP contribution in [0.4, 0.5) is 5.82 Å². The van der Waals surface area contributed by atoms with Crippen LogP contribution < -0.4 is 35.6 Å². The van der Waals surface area contributed by atoms with Crippen molar-refractivity contribution in [2.75, 3.05) is 104 Å². The SMILES string of the molecule is CCOc1cc(OC)ccc1CNCC(=O)N1CCCC(c2cccc(C(=O)NC(C(=O)NCCc3cn(CCC=O)nn3)C3CCCCC3)c2)C1.CN1CCN(CCC(NC2=C3CN3C23CCN(c2ncnc4[nH]ccc24)CC3)c2ccc(Cl)cc2)CC1. The number of anilines is 1. The molecule has 1 saturated carbocycles. The van der Waals surface area contributed by atoms with E-state index in [2.05, 4.69) is 91.4 Å². The third kappa shape index (κ3) is 15.5. The number of fused-ring (bicyclic) bond motifs is 3. The highest BCUT2D eigenvalue weighted by molar-refractivity contribution is 6.30. The van der Waals surface area contributed by atoms with E-state index in [9.17, 15) is 19.2 Å². The van der Waals surface area contributed by atoms with E-state index in [1.807, 2.05) is 66.6 Å². The van der Waals surface area contributed by atoms with Gasteiger partial charge in [-0.05, 0) is 112 Å². The number of aryl methyl sites for hydroxylation is 1. The number of nitrogens with zero attached hydrogens (tertiary/aromatic N) is 10. The number of aromatic nitrogens is 6. The number of aldehydes is 1. The van der Waals surface area contributed by atoms with E-state index in [1.165, 1.54) is 17.0 Å². The van der Waals surface area contributed by atoms with Crippen molar-refractivity contribution in [2.45, 2.75) is 121 Å². The predicted octanol–water partition coefficient (Wildman–Crippen LogP) is 7.27. The fourth-order valence-electron chi connectivity index (χ4n) is 13.8. The number of aromatic amines is 1. The molecule has 21 nitrogen and oxygen atoms in total. The summed E-state index contributed by atoms with van der Waals surface area (Å²) in [5, 5.41) is 23.5. The van der Waals surface area contributed by atoms with Gasteiger partial charge >= 0.3 is 0 Å². The molecule has 22 heteroatoms. The van der Waals surface area contributed by atoms with Crippen LogP contribution in [0.25, 0.3) is 11.0 Å². The minimum atomic E-state index is -0.641. The first-order valence-corrected chi connectivity index (χ1v) is 32.6. The van der Waals surface area contributed by atoms with E-state index in [-0.39, 0.29) is 41.6 Å². The zero-order chi connectivity index (χ0) is 61.7. The number of amides is 3. The lowest BCUT2D eigenvalue weighted by Crippen LogP contribution is -2.57. The Morgan fingerprint density at radius 1 is 0.910 bits per heavy atom. The summed E-state index contributed by atoms with van der Waals surface area (Å²) in [6.07, 6.45) is 17.2. The summed E-state index contributed by atoms with van der Waals surface area (Å²) in [7, 11) is 3.84. The first-order valence-electron chi connectivity index (χ1n) is 32.3. The number of hydrogen-bond donors (Lipinski definition) is 5. The van der Waals surface area contributed by atoms with Crippen molar-refractivity contribution in [3.8, 4) is 11.5 Å². The molecule has 5 aliphatic heterocycles. The van der Waals surface area contributed by atoms with Crippen LogP contribution in [0.5, 0.6) is 11.5 Å². The Morgan fingerprint density at radius 3 is 2.52 bits per heavy atom. The molecule has 1 aliphatic carbocycles. The van der Waals surface area contributed by atoms with Crippen LogP contribution >= 0.6 is 11.6 Å². The molecule has 1 spiro atoms.